The van der Waals surface area contributed by atoms with E-state index in [1.165, 1.54) is 7.11 Å². The van der Waals surface area contributed by atoms with Crippen LogP contribution in [0.4, 0.5) is 0 Å². The zero-order valence-corrected chi connectivity index (χ0v) is 11.8. The summed E-state index contributed by atoms with van der Waals surface area (Å²) in [6.07, 6.45) is 5.29. The molecule has 110 valence electrons. The maximum absolute atomic E-state index is 11.3. The molecule has 0 aromatic carbocycles. The van der Waals surface area contributed by atoms with E-state index in [2.05, 4.69) is 4.90 Å². The highest BCUT2D eigenvalue weighted by Gasteiger charge is 2.26. The van der Waals surface area contributed by atoms with Gasteiger partial charge < -0.3 is 14.2 Å². The van der Waals surface area contributed by atoms with Crippen LogP contribution in [0.3, 0.4) is 0 Å². The molecular formula is C14H25NO4. The topological polar surface area (TPSA) is 48.0 Å². The number of methoxy groups -OCH3 is 1. The SMILES string of the molecule is COC(=O)CCN(CC1CCCO1)C1CCCOC1. The first kappa shape index (κ1) is 14.8. The van der Waals surface area contributed by atoms with Crippen molar-refractivity contribution in [2.75, 3.05) is 40.0 Å². The first-order valence-electron chi connectivity index (χ1n) is 7.30. The second-order valence-electron chi connectivity index (χ2n) is 5.33. The van der Waals surface area contributed by atoms with Gasteiger partial charge in [-0.25, -0.2) is 0 Å². The van der Waals surface area contributed by atoms with Crippen molar-refractivity contribution >= 4 is 5.97 Å². The summed E-state index contributed by atoms with van der Waals surface area (Å²) in [5.41, 5.74) is 0. The van der Waals surface area contributed by atoms with Crippen LogP contribution in [0.15, 0.2) is 0 Å². The standard InChI is InChI=1S/C14H25NO4/c1-17-14(16)6-7-15(10-13-5-3-9-19-13)12-4-2-8-18-11-12/h12-13H,2-11H2,1H3. The summed E-state index contributed by atoms with van der Waals surface area (Å²) in [7, 11) is 1.44. The number of esters is 1. The molecule has 2 heterocycles. The Morgan fingerprint density at radius 3 is 2.79 bits per heavy atom. The highest BCUT2D eigenvalue weighted by molar-refractivity contribution is 5.69. The minimum absolute atomic E-state index is 0.144. The summed E-state index contributed by atoms with van der Waals surface area (Å²) in [4.78, 5) is 13.7. The van der Waals surface area contributed by atoms with E-state index in [0.29, 0.717) is 18.6 Å². The van der Waals surface area contributed by atoms with Crippen molar-refractivity contribution in [3.05, 3.63) is 0 Å². The first-order valence-corrected chi connectivity index (χ1v) is 7.30. The van der Waals surface area contributed by atoms with Gasteiger partial charge in [-0.2, -0.15) is 0 Å². The molecule has 0 bridgehead atoms. The van der Waals surface area contributed by atoms with E-state index in [-0.39, 0.29) is 5.97 Å². The third-order valence-corrected chi connectivity index (χ3v) is 3.95. The molecule has 0 aromatic heterocycles. The lowest BCUT2D eigenvalue weighted by Crippen LogP contribution is -2.45. The lowest BCUT2D eigenvalue weighted by molar-refractivity contribution is -0.141. The number of hydrogen-bond donors (Lipinski definition) is 0. The number of hydrogen-bond acceptors (Lipinski definition) is 5. The van der Waals surface area contributed by atoms with Crippen LogP contribution in [0, 0.1) is 0 Å². The maximum Gasteiger partial charge on any atom is 0.306 e. The molecular weight excluding hydrogens is 246 g/mol. The van der Waals surface area contributed by atoms with Crippen molar-refractivity contribution in [1.82, 2.24) is 4.90 Å². The second-order valence-corrected chi connectivity index (χ2v) is 5.33. The van der Waals surface area contributed by atoms with Crippen LogP contribution >= 0.6 is 0 Å². The molecule has 2 aliphatic heterocycles. The molecule has 0 amide bonds. The van der Waals surface area contributed by atoms with Gasteiger partial charge in [0.05, 0.1) is 26.2 Å². The number of ether oxygens (including phenoxy) is 3. The normalized spacial score (nSPS) is 27.7. The summed E-state index contributed by atoms with van der Waals surface area (Å²) >= 11 is 0. The van der Waals surface area contributed by atoms with Crippen LogP contribution in [0.1, 0.15) is 32.1 Å². The molecule has 0 aliphatic carbocycles. The van der Waals surface area contributed by atoms with E-state index < -0.39 is 0 Å². The smallest absolute Gasteiger partial charge is 0.306 e. The van der Waals surface area contributed by atoms with Gasteiger partial charge in [0, 0.05) is 32.3 Å². The summed E-state index contributed by atoms with van der Waals surface area (Å²) in [6.45, 7) is 4.15. The second kappa shape index (κ2) is 7.82. The van der Waals surface area contributed by atoms with Crippen LogP contribution in [-0.2, 0) is 19.0 Å². The summed E-state index contributed by atoms with van der Waals surface area (Å²) in [5, 5.41) is 0. The maximum atomic E-state index is 11.3. The molecule has 2 aliphatic rings. The Morgan fingerprint density at radius 2 is 2.16 bits per heavy atom. The molecule has 5 nitrogen and oxygen atoms in total. The number of carbonyl (C=O) groups is 1. The molecule has 5 heteroatoms. The van der Waals surface area contributed by atoms with Gasteiger partial charge in [0.15, 0.2) is 0 Å². The largest absolute Gasteiger partial charge is 0.469 e. The molecule has 2 rings (SSSR count). The highest BCUT2D eigenvalue weighted by Crippen LogP contribution is 2.19. The average Bonchev–Trinajstić information content (AvgIpc) is 2.97. The van der Waals surface area contributed by atoms with Crippen molar-refractivity contribution in [3.8, 4) is 0 Å². The van der Waals surface area contributed by atoms with Crippen molar-refractivity contribution < 1.29 is 19.0 Å². The minimum atomic E-state index is -0.144. The Labute approximate surface area is 115 Å². The fraction of sp³-hybridized carbons (Fsp3) is 0.929. The van der Waals surface area contributed by atoms with Crippen molar-refractivity contribution in [2.45, 2.75) is 44.2 Å². The van der Waals surface area contributed by atoms with Crippen molar-refractivity contribution in [2.24, 2.45) is 0 Å². The number of carbonyl (C=O) groups excluding carboxylic acids is 1. The lowest BCUT2D eigenvalue weighted by Gasteiger charge is -2.35. The molecule has 19 heavy (non-hydrogen) atoms. The molecule has 2 saturated heterocycles. The Kier molecular flexibility index (Phi) is 6.07. The van der Waals surface area contributed by atoms with Gasteiger partial charge in [-0.05, 0) is 25.7 Å². The molecule has 2 fully saturated rings. The molecule has 0 aromatic rings. The predicted molar refractivity (Wildman–Crippen MR) is 71.0 cm³/mol. The molecule has 0 N–H and O–H groups in total. The fourth-order valence-corrected chi connectivity index (χ4v) is 2.82. The monoisotopic (exact) mass is 271 g/mol. The molecule has 0 spiro atoms. The van der Waals surface area contributed by atoms with E-state index >= 15 is 0 Å². The van der Waals surface area contributed by atoms with Crippen LogP contribution in [0.25, 0.3) is 0 Å². The Balaban J connectivity index is 1.84. The molecule has 2 unspecified atom stereocenters. The first-order chi connectivity index (χ1) is 9.29. The average molecular weight is 271 g/mol. The summed E-state index contributed by atoms with van der Waals surface area (Å²) in [6, 6.07) is 0.419. The van der Waals surface area contributed by atoms with Gasteiger partial charge in [-0.1, -0.05) is 0 Å². The Bertz CT molecular complexity index is 273. The summed E-state index contributed by atoms with van der Waals surface area (Å²) in [5.74, 6) is -0.144. The number of rotatable bonds is 6. The lowest BCUT2D eigenvalue weighted by atomic mass is 10.1. The fourth-order valence-electron chi connectivity index (χ4n) is 2.82. The van der Waals surface area contributed by atoms with Crippen LogP contribution in [0.5, 0.6) is 0 Å². The van der Waals surface area contributed by atoms with Crippen molar-refractivity contribution in [3.63, 3.8) is 0 Å². The third kappa shape index (κ3) is 4.75. The minimum Gasteiger partial charge on any atom is -0.469 e. The van der Waals surface area contributed by atoms with Gasteiger partial charge in [-0.3, -0.25) is 9.69 Å². The van der Waals surface area contributed by atoms with Gasteiger partial charge in [0.1, 0.15) is 0 Å². The quantitative estimate of drug-likeness (QED) is 0.680. The van der Waals surface area contributed by atoms with E-state index in [4.69, 9.17) is 14.2 Å². The molecule has 0 radical (unpaired) electrons. The van der Waals surface area contributed by atoms with E-state index in [9.17, 15) is 4.79 Å². The van der Waals surface area contributed by atoms with Gasteiger partial charge in [0.25, 0.3) is 0 Å². The summed E-state index contributed by atoms with van der Waals surface area (Å²) < 4.78 is 16.0. The van der Waals surface area contributed by atoms with Crippen LogP contribution in [-0.4, -0.2) is 63.0 Å². The Hall–Kier alpha value is -0.650. The zero-order chi connectivity index (χ0) is 13.5. The highest BCUT2D eigenvalue weighted by atomic mass is 16.5. The number of nitrogens with zero attached hydrogens (tertiary/aromatic N) is 1. The Morgan fingerprint density at radius 1 is 1.32 bits per heavy atom. The van der Waals surface area contributed by atoms with Crippen LogP contribution < -0.4 is 0 Å². The van der Waals surface area contributed by atoms with E-state index in [1.54, 1.807) is 0 Å². The molecule has 0 saturated carbocycles. The predicted octanol–water partition coefficient (Wildman–Crippen LogP) is 1.21. The molecule has 2 atom stereocenters. The van der Waals surface area contributed by atoms with Crippen molar-refractivity contribution in [1.29, 1.82) is 0 Å². The third-order valence-electron chi connectivity index (χ3n) is 3.95. The van der Waals surface area contributed by atoms with Crippen LogP contribution in [0.2, 0.25) is 0 Å². The van der Waals surface area contributed by atoms with Gasteiger partial charge in [-0.15, -0.1) is 0 Å². The van der Waals surface area contributed by atoms with Gasteiger partial charge in [0.2, 0.25) is 0 Å². The van der Waals surface area contributed by atoms with E-state index in [0.717, 1.165) is 58.6 Å². The zero-order valence-electron chi connectivity index (χ0n) is 11.8. The van der Waals surface area contributed by atoms with Gasteiger partial charge >= 0.3 is 5.97 Å². The van der Waals surface area contributed by atoms with E-state index in [1.807, 2.05) is 0 Å².